The van der Waals surface area contributed by atoms with Crippen LogP contribution in [0.15, 0.2) is 0 Å². The number of rotatable bonds is 12. The maximum Gasteiger partial charge on any atom is 0.339 e. The molecule has 0 aliphatic rings. The Morgan fingerprint density at radius 1 is 1.13 bits per heavy atom. The molecule has 0 radical (unpaired) electrons. The zero-order chi connectivity index (χ0) is 18.3. The van der Waals surface area contributed by atoms with Gasteiger partial charge in [0.25, 0.3) is 0 Å². The minimum absolute atomic E-state index is 0.0799. The molecule has 0 aromatic heterocycles. The van der Waals surface area contributed by atoms with Crippen molar-refractivity contribution in [1.82, 2.24) is 5.32 Å². The summed E-state index contributed by atoms with van der Waals surface area (Å²) in [6.45, 7) is 14.3. The molecule has 0 rings (SSSR count). The molecule has 23 heavy (non-hydrogen) atoms. The molecule has 3 N–H and O–H groups in total. The normalized spacial score (nSPS) is 16.9. The van der Waals surface area contributed by atoms with Crippen molar-refractivity contribution < 1.29 is 17.5 Å². The standard InChI is InChI=1S/C14H36N2O4Si3/c1-9-13(14(17)10-2)16-12-21(4,5)19-22(6,7)20-23(8,11-15)18-3/h13,16H,9-12,15H2,1-8H3. The second kappa shape index (κ2) is 9.56. The van der Waals surface area contributed by atoms with E-state index < -0.39 is 25.4 Å². The molecule has 2 atom stereocenters. The van der Waals surface area contributed by atoms with Gasteiger partial charge in [-0.3, -0.25) is 4.79 Å². The molecular formula is C14H36N2O4Si3. The number of hydrogen-bond acceptors (Lipinski definition) is 6. The lowest BCUT2D eigenvalue weighted by molar-refractivity contribution is -0.120. The third-order valence-electron chi connectivity index (χ3n) is 3.71. The third-order valence-corrected chi connectivity index (χ3v) is 14.2. The zero-order valence-electron chi connectivity index (χ0n) is 16.1. The Hall–Kier alpha value is 0.121. The van der Waals surface area contributed by atoms with Gasteiger partial charge in [-0.15, -0.1) is 0 Å². The molecule has 0 amide bonds. The maximum absolute atomic E-state index is 11.9. The molecule has 0 aromatic rings. The number of carbonyl (C=O) groups excluding carboxylic acids is 1. The quantitative estimate of drug-likeness (QED) is 0.504. The smallest absolute Gasteiger partial charge is 0.339 e. The second-order valence-electron chi connectivity index (χ2n) is 7.07. The molecule has 0 fully saturated rings. The molecule has 0 heterocycles. The maximum atomic E-state index is 11.9. The van der Waals surface area contributed by atoms with Crippen LogP contribution in [-0.4, -0.2) is 56.7 Å². The van der Waals surface area contributed by atoms with Gasteiger partial charge in [0.15, 0.2) is 8.32 Å². The van der Waals surface area contributed by atoms with Crippen molar-refractivity contribution in [2.24, 2.45) is 5.73 Å². The SMILES string of the molecule is CCC(=O)C(CC)NC[Si](C)(C)O[Si](C)(C)O[Si](C)(CN)OC. The van der Waals surface area contributed by atoms with Crippen molar-refractivity contribution in [2.75, 3.05) is 19.4 Å². The highest BCUT2D eigenvalue weighted by molar-refractivity contribution is 6.86. The minimum atomic E-state index is -2.35. The zero-order valence-corrected chi connectivity index (χ0v) is 19.1. The first-order chi connectivity index (χ1) is 10.4. The summed E-state index contributed by atoms with van der Waals surface area (Å²) in [5, 5.41) is 3.38. The fourth-order valence-electron chi connectivity index (χ4n) is 2.51. The van der Waals surface area contributed by atoms with Crippen LogP contribution < -0.4 is 11.1 Å². The van der Waals surface area contributed by atoms with Gasteiger partial charge in [0, 0.05) is 25.9 Å². The minimum Gasteiger partial charge on any atom is -0.435 e. The summed E-state index contributed by atoms with van der Waals surface area (Å²) in [6, 6.07) is -0.0799. The molecule has 0 aliphatic carbocycles. The van der Waals surface area contributed by atoms with E-state index in [1.54, 1.807) is 7.11 Å². The van der Waals surface area contributed by atoms with Crippen LogP contribution in [0.1, 0.15) is 26.7 Å². The van der Waals surface area contributed by atoms with Crippen LogP contribution in [0.5, 0.6) is 0 Å². The van der Waals surface area contributed by atoms with E-state index in [9.17, 15) is 4.79 Å². The summed E-state index contributed by atoms with van der Waals surface area (Å²) in [7, 11) is -5.04. The Bertz CT molecular complexity index is 377. The Morgan fingerprint density at radius 3 is 2.09 bits per heavy atom. The van der Waals surface area contributed by atoms with E-state index in [1.807, 2.05) is 33.5 Å². The predicted octanol–water partition coefficient (Wildman–Crippen LogP) is 2.03. The van der Waals surface area contributed by atoms with E-state index in [4.69, 9.17) is 18.4 Å². The number of carbonyl (C=O) groups is 1. The van der Waals surface area contributed by atoms with Crippen LogP contribution in [-0.2, 0) is 17.5 Å². The average Bonchev–Trinajstić information content (AvgIpc) is 2.45. The van der Waals surface area contributed by atoms with Crippen molar-refractivity contribution in [3.8, 4) is 0 Å². The third kappa shape index (κ3) is 8.68. The van der Waals surface area contributed by atoms with E-state index in [1.165, 1.54) is 0 Å². The van der Waals surface area contributed by atoms with Crippen molar-refractivity contribution in [1.29, 1.82) is 0 Å². The van der Waals surface area contributed by atoms with Crippen molar-refractivity contribution >= 4 is 31.2 Å². The number of hydrogen-bond donors (Lipinski definition) is 2. The second-order valence-corrected chi connectivity index (χ2v) is 18.5. The lowest BCUT2D eigenvalue weighted by Gasteiger charge is -2.38. The Kier molecular flexibility index (Phi) is 9.61. The molecule has 0 bridgehead atoms. The van der Waals surface area contributed by atoms with E-state index in [-0.39, 0.29) is 11.8 Å². The molecule has 0 aromatic carbocycles. The number of ketones is 1. The van der Waals surface area contributed by atoms with Crippen LogP contribution in [0.4, 0.5) is 0 Å². The van der Waals surface area contributed by atoms with Gasteiger partial charge in [-0.1, -0.05) is 13.8 Å². The van der Waals surface area contributed by atoms with Gasteiger partial charge in [0.2, 0.25) is 0 Å². The van der Waals surface area contributed by atoms with Crippen molar-refractivity contribution in [3.05, 3.63) is 0 Å². The first-order valence-corrected chi connectivity index (χ1v) is 16.8. The number of nitrogens with two attached hydrogens (primary N) is 1. The molecule has 0 aliphatic heterocycles. The molecular weight excluding hydrogens is 344 g/mol. The topological polar surface area (TPSA) is 82.8 Å². The van der Waals surface area contributed by atoms with Gasteiger partial charge >= 0.3 is 17.1 Å². The number of Topliss-reactive ketones (excluding diaryl/α,β-unsaturated/α-hetero) is 1. The fourth-order valence-corrected chi connectivity index (χ4v) is 14.4. The van der Waals surface area contributed by atoms with Crippen molar-refractivity contribution in [2.45, 2.75) is 65.5 Å². The first-order valence-electron chi connectivity index (χ1n) is 8.36. The van der Waals surface area contributed by atoms with Crippen LogP contribution in [0.25, 0.3) is 0 Å². The van der Waals surface area contributed by atoms with Gasteiger partial charge in [-0.05, 0) is 39.2 Å². The molecule has 0 saturated heterocycles. The summed E-state index contributed by atoms with van der Waals surface area (Å²) in [4.78, 5) is 11.9. The first kappa shape index (κ1) is 23.1. The highest BCUT2D eigenvalue weighted by atomic mass is 28.5. The summed E-state index contributed by atoms with van der Waals surface area (Å²) < 4.78 is 18.1. The van der Waals surface area contributed by atoms with Gasteiger partial charge in [0.1, 0.15) is 5.78 Å². The molecule has 9 heteroatoms. The molecule has 2 unspecified atom stereocenters. The average molecular weight is 381 g/mol. The van der Waals surface area contributed by atoms with Crippen LogP contribution in [0.2, 0.25) is 32.7 Å². The largest absolute Gasteiger partial charge is 0.435 e. The van der Waals surface area contributed by atoms with E-state index in [0.29, 0.717) is 12.6 Å². The summed E-state index contributed by atoms with van der Waals surface area (Å²) in [5.74, 6) is 0.257. The van der Waals surface area contributed by atoms with Gasteiger partial charge in [-0.25, -0.2) is 0 Å². The van der Waals surface area contributed by atoms with Gasteiger partial charge in [-0.2, -0.15) is 0 Å². The summed E-state index contributed by atoms with van der Waals surface area (Å²) in [5.41, 5.74) is 5.79. The van der Waals surface area contributed by atoms with E-state index in [0.717, 1.165) is 12.6 Å². The Morgan fingerprint density at radius 2 is 1.70 bits per heavy atom. The fraction of sp³-hybridized carbons (Fsp3) is 0.929. The monoisotopic (exact) mass is 380 g/mol. The van der Waals surface area contributed by atoms with Gasteiger partial charge in [0.05, 0.1) is 6.04 Å². The van der Waals surface area contributed by atoms with E-state index in [2.05, 4.69) is 18.4 Å². The van der Waals surface area contributed by atoms with Gasteiger partial charge < -0.3 is 23.7 Å². The van der Waals surface area contributed by atoms with Crippen molar-refractivity contribution in [3.63, 3.8) is 0 Å². The molecule has 0 spiro atoms. The lowest BCUT2D eigenvalue weighted by atomic mass is 10.1. The van der Waals surface area contributed by atoms with E-state index >= 15 is 0 Å². The van der Waals surface area contributed by atoms with Crippen LogP contribution in [0.3, 0.4) is 0 Å². The highest BCUT2D eigenvalue weighted by Gasteiger charge is 2.42. The molecule has 0 saturated carbocycles. The Balaban J connectivity index is 4.73. The Labute approximate surface area is 145 Å². The molecule has 6 nitrogen and oxygen atoms in total. The summed E-state index contributed by atoms with van der Waals surface area (Å²) >= 11 is 0. The summed E-state index contributed by atoms with van der Waals surface area (Å²) in [6.07, 6.45) is 2.50. The van der Waals surface area contributed by atoms with Crippen LogP contribution >= 0.6 is 0 Å². The van der Waals surface area contributed by atoms with Crippen LogP contribution in [0, 0.1) is 0 Å². The number of nitrogens with one attached hydrogen (secondary N) is 1. The highest BCUT2D eigenvalue weighted by Crippen LogP contribution is 2.20. The molecule has 138 valence electrons. The predicted molar refractivity (Wildman–Crippen MR) is 102 cm³/mol. The lowest BCUT2D eigenvalue weighted by Crippen LogP contribution is -2.60.